The number of hydrogen-bond donors (Lipinski definition) is 0. The molecule has 0 aliphatic heterocycles. The number of benzene rings is 2. The maximum Gasteiger partial charge on any atom is 0.426 e. The Hall–Kier alpha value is -4.20. The van der Waals surface area contributed by atoms with Gasteiger partial charge in [0, 0.05) is 29.5 Å². The molecular formula is C31H22F9NO. The highest BCUT2D eigenvalue weighted by atomic mass is 19.4. The molecule has 0 amide bonds. The summed E-state index contributed by atoms with van der Waals surface area (Å²) < 4.78 is 129. The normalized spacial score (nSPS) is 17.2. The number of nitrogens with zero attached hydrogens (tertiary/aromatic N) is 1. The van der Waals surface area contributed by atoms with E-state index in [1.807, 2.05) is 17.9 Å². The van der Waals surface area contributed by atoms with Crippen LogP contribution in [0.3, 0.4) is 0 Å². The Kier molecular flexibility index (Phi) is 9.04. The van der Waals surface area contributed by atoms with E-state index >= 15 is 0 Å². The van der Waals surface area contributed by atoms with Crippen molar-refractivity contribution >= 4 is 0 Å². The number of aryl methyl sites for hydroxylation is 1. The molecule has 0 saturated carbocycles. The summed E-state index contributed by atoms with van der Waals surface area (Å²) in [5.74, 6) is -4.71. The number of unbranched alkanes of at least 4 members (excludes halogenated alkanes) is 1. The van der Waals surface area contributed by atoms with Crippen molar-refractivity contribution in [2.45, 2.75) is 44.6 Å². The third kappa shape index (κ3) is 7.16. The monoisotopic (exact) mass is 595 g/mol. The topological polar surface area (TPSA) is 22.1 Å². The van der Waals surface area contributed by atoms with Crippen molar-refractivity contribution in [2.24, 2.45) is 5.92 Å². The van der Waals surface area contributed by atoms with Gasteiger partial charge in [0.1, 0.15) is 35.3 Å². The van der Waals surface area contributed by atoms with Gasteiger partial charge in [0.15, 0.2) is 0 Å². The fourth-order valence-electron chi connectivity index (χ4n) is 4.15. The minimum absolute atomic E-state index is 0.305. The number of aromatic nitrogens is 1. The minimum atomic E-state index is -5.19. The third-order valence-electron chi connectivity index (χ3n) is 6.35. The Morgan fingerprint density at radius 2 is 1.57 bits per heavy atom. The van der Waals surface area contributed by atoms with Gasteiger partial charge in [0.05, 0.1) is 16.8 Å². The van der Waals surface area contributed by atoms with Crippen molar-refractivity contribution in [1.29, 1.82) is 0 Å². The highest BCUT2D eigenvalue weighted by molar-refractivity contribution is 5.59. The van der Waals surface area contributed by atoms with Gasteiger partial charge in [-0.15, -0.1) is 0 Å². The lowest BCUT2D eigenvalue weighted by Crippen LogP contribution is -2.33. The number of rotatable bonds is 7. The van der Waals surface area contributed by atoms with Gasteiger partial charge in [-0.2, -0.15) is 22.0 Å². The fourth-order valence-corrected chi connectivity index (χ4v) is 4.15. The minimum Gasteiger partial charge on any atom is -0.429 e. The lowest BCUT2D eigenvalue weighted by Gasteiger charge is -2.23. The predicted octanol–water partition coefficient (Wildman–Crippen LogP) is 9.16. The molecule has 1 heterocycles. The molecule has 1 aliphatic rings. The van der Waals surface area contributed by atoms with Crippen molar-refractivity contribution in [1.82, 2.24) is 4.98 Å². The summed E-state index contributed by atoms with van der Waals surface area (Å²) in [6, 6.07) is 9.51. The average Bonchev–Trinajstić information content (AvgIpc) is 2.90. The van der Waals surface area contributed by atoms with Crippen molar-refractivity contribution in [3.63, 3.8) is 0 Å². The van der Waals surface area contributed by atoms with Gasteiger partial charge in [-0.1, -0.05) is 43.4 Å². The molecule has 2 aromatic carbocycles. The molecule has 2 atom stereocenters. The summed E-state index contributed by atoms with van der Waals surface area (Å²) in [4.78, 5) is 4.35. The first kappa shape index (κ1) is 30.8. The molecule has 3 aromatic rings. The molecule has 0 bridgehead atoms. The van der Waals surface area contributed by atoms with Crippen molar-refractivity contribution < 1.29 is 44.3 Å². The quantitative estimate of drug-likeness (QED) is 0.201. The van der Waals surface area contributed by atoms with Crippen LogP contribution in [-0.4, -0.2) is 17.3 Å². The SMILES string of the molecule is CCCCc1ccc(-c2ccc(C(F)(F)Oc3cc(F)c(C#CC4=CC(F)C(C(F)(F)F)C(F)=C4)c(F)c3)cc2)nc1. The summed E-state index contributed by atoms with van der Waals surface area (Å²) in [6.07, 6.45) is -6.67. The molecular weight excluding hydrogens is 573 g/mol. The predicted molar refractivity (Wildman–Crippen MR) is 138 cm³/mol. The van der Waals surface area contributed by atoms with E-state index in [9.17, 15) is 39.5 Å². The second-order valence-corrected chi connectivity index (χ2v) is 9.48. The van der Waals surface area contributed by atoms with Crippen molar-refractivity contribution in [3.05, 3.63) is 107 Å². The van der Waals surface area contributed by atoms with Crippen LogP contribution in [0.2, 0.25) is 0 Å². The molecule has 0 radical (unpaired) electrons. The van der Waals surface area contributed by atoms with E-state index < -0.39 is 64.3 Å². The van der Waals surface area contributed by atoms with Crippen LogP contribution in [0.15, 0.2) is 78.3 Å². The molecule has 0 spiro atoms. The standard InChI is InChI=1S/C31H22F9NO/c1-2-3-4-18-6-12-28(41-17-18)20-7-9-21(10-8-20)31(39,40)42-22-15-24(32)23(25(33)16-22)11-5-19-13-26(34)29(27(35)14-19)30(36,37)38/h6-10,12-17,26,29H,2-4H2,1H3. The Balaban J connectivity index is 1.48. The van der Waals surface area contributed by atoms with E-state index in [0.29, 0.717) is 35.5 Å². The fraction of sp³-hybridized carbons (Fsp3) is 0.258. The Bertz CT molecular complexity index is 1520. The largest absolute Gasteiger partial charge is 0.429 e. The average molecular weight is 596 g/mol. The van der Waals surface area contributed by atoms with Crippen LogP contribution in [0.5, 0.6) is 5.75 Å². The third-order valence-corrected chi connectivity index (χ3v) is 6.35. The second kappa shape index (κ2) is 12.3. The molecule has 0 fully saturated rings. The first-order valence-electron chi connectivity index (χ1n) is 12.7. The molecule has 220 valence electrons. The van der Waals surface area contributed by atoms with E-state index in [2.05, 4.69) is 16.6 Å². The van der Waals surface area contributed by atoms with Gasteiger partial charge in [-0.05, 0) is 48.8 Å². The Labute approximate surface area is 235 Å². The van der Waals surface area contributed by atoms with Crippen LogP contribution in [-0.2, 0) is 12.5 Å². The number of halogens is 9. The summed E-state index contributed by atoms with van der Waals surface area (Å²) >= 11 is 0. The molecule has 0 saturated heterocycles. The zero-order chi connectivity index (χ0) is 30.7. The molecule has 1 aliphatic carbocycles. The smallest absolute Gasteiger partial charge is 0.426 e. The lowest BCUT2D eigenvalue weighted by molar-refractivity contribution is -0.185. The van der Waals surface area contributed by atoms with Gasteiger partial charge in [0.2, 0.25) is 0 Å². The highest BCUT2D eigenvalue weighted by Crippen LogP contribution is 2.40. The molecule has 2 nitrogen and oxygen atoms in total. The van der Waals surface area contributed by atoms with E-state index in [1.54, 1.807) is 12.3 Å². The van der Waals surface area contributed by atoms with E-state index in [-0.39, 0.29) is 0 Å². The van der Waals surface area contributed by atoms with E-state index in [4.69, 9.17) is 0 Å². The highest BCUT2D eigenvalue weighted by Gasteiger charge is 2.49. The van der Waals surface area contributed by atoms with Gasteiger partial charge >= 0.3 is 12.3 Å². The van der Waals surface area contributed by atoms with Crippen LogP contribution in [0.4, 0.5) is 39.5 Å². The Morgan fingerprint density at radius 3 is 2.12 bits per heavy atom. The van der Waals surface area contributed by atoms with Crippen LogP contribution < -0.4 is 4.74 Å². The Morgan fingerprint density at radius 1 is 0.905 bits per heavy atom. The van der Waals surface area contributed by atoms with Gasteiger partial charge < -0.3 is 4.74 Å². The van der Waals surface area contributed by atoms with Crippen LogP contribution >= 0.6 is 0 Å². The molecule has 2 unspecified atom stereocenters. The first-order chi connectivity index (χ1) is 19.8. The summed E-state index contributed by atoms with van der Waals surface area (Å²) in [7, 11) is 0. The maximum atomic E-state index is 14.8. The van der Waals surface area contributed by atoms with Crippen molar-refractivity contribution in [3.8, 4) is 28.8 Å². The molecule has 0 N–H and O–H groups in total. The number of allylic oxidation sites excluding steroid dienone is 4. The number of pyridine rings is 1. The zero-order valence-electron chi connectivity index (χ0n) is 21.9. The maximum absolute atomic E-state index is 14.8. The number of ether oxygens (including phenoxy) is 1. The molecule has 42 heavy (non-hydrogen) atoms. The summed E-state index contributed by atoms with van der Waals surface area (Å²) in [6.45, 7) is 2.07. The lowest BCUT2D eigenvalue weighted by atomic mass is 9.93. The van der Waals surface area contributed by atoms with Crippen molar-refractivity contribution in [2.75, 3.05) is 0 Å². The summed E-state index contributed by atoms with van der Waals surface area (Å²) in [5.41, 5.74) is 0.0247. The van der Waals surface area contributed by atoms with Gasteiger partial charge in [0.25, 0.3) is 0 Å². The number of hydrogen-bond acceptors (Lipinski definition) is 2. The second-order valence-electron chi connectivity index (χ2n) is 9.48. The van der Waals surface area contributed by atoms with Crippen LogP contribution in [0.1, 0.15) is 36.5 Å². The molecule has 1 aromatic heterocycles. The van der Waals surface area contributed by atoms with E-state index in [1.165, 1.54) is 12.1 Å². The van der Waals surface area contributed by atoms with Gasteiger partial charge in [-0.25, -0.2) is 17.6 Å². The number of alkyl halides is 6. The van der Waals surface area contributed by atoms with Crippen LogP contribution in [0.25, 0.3) is 11.3 Å². The first-order valence-corrected chi connectivity index (χ1v) is 12.7. The van der Waals surface area contributed by atoms with Crippen LogP contribution in [0, 0.1) is 29.4 Å². The molecule has 11 heteroatoms. The zero-order valence-corrected chi connectivity index (χ0v) is 21.9. The summed E-state index contributed by atoms with van der Waals surface area (Å²) in [5, 5.41) is 0. The van der Waals surface area contributed by atoms with Gasteiger partial charge in [-0.3, -0.25) is 4.98 Å². The van der Waals surface area contributed by atoms with E-state index in [0.717, 1.165) is 37.0 Å². The molecule has 4 rings (SSSR count).